The molecule has 1 heterocycles. The van der Waals surface area contributed by atoms with Crippen LogP contribution in [0.25, 0.3) is 5.57 Å². The second-order valence-electron chi connectivity index (χ2n) is 4.59. The van der Waals surface area contributed by atoms with Crippen LogP contribution in [-0.2, 0) is 6.42 Å². The van der Waals surface area contributed by atoms with Gasteiger partial charge in [0.05, 0.1) is 0 Å². The molecule has 19 heavy (non-hydrogen) atoms. The highest BCUT2D eigenvalue weighted by Gasteiger charge is 2.06. The molecule has 0 saturated heterocycles. The Morgan fingerprint density at radius 2 is 1.63 bits per heavy atom. The van der Waals surface area contributed by atoms with Crippen molar-refractivity contribution in [3.63, 3.8) is 0 Å². The summed E-state index contributed by atoms with van der Waals surface area (Å²) in [7, 11) is 0. The minimum atomic E-state index is 1.02. The molecular formula is C18H16S. The average molecular weight is 264 g/mol. The van der Waals surface area contributed by atoms with Crippen LogP contribution in [0, 0.1) is 0 Å². The smallest absolute Gasteiger partial charge is 0.0238 e. The third-order valence-electron chi connectivity index (χ3n) is 3.27. The first kappa shape index (κ1) is 12.3. The molecule has 0 spiro atoms. The number of hydrogen-bond acceptors (Lipinski definition) is 1. The van der Waals surface area contributed by atoms with Crippen LogP contribution >= 0.6 is 11.8 Å². The summed E-state index contributed by atoms with van der Waals surface area (Å²) in [6, 6.07) is 19.3. The summed E-state index contributed by atoms with van der Waals surface area (Å²) in [4.78, 5) is 1.40. The Hall–Kier alpha value is -1.73. The van der Waals surface area contributed by atoms with Crippen molar-refractivity contribution in [3.8, 4) is 0 Å². The second kappa shape index (κ2) is 5.94. The second-order valence-corrected chi connectivity index (χ2v) is 5.60. The number of thioether (sulfide) groups is 1. The number of fused-ring (bicyclic) bond motifs is 1. The van der Waals surface area contributed by atoms with Crippen LogP contribution in [-0.4, -0.2) is 5.75 Å². The molecule has 0 amide bonds. The van der Waals surface area contributed by atoms with Crippen molar-refractivity contribution in [1.29, 1.82) is 0 Å². The monoisotopic (exact) mass is 264 g/mol. The summed E-state index contributed by atoms with van der Waals surface area (Å²) in [5.41, 5.74) is 4.13. The van der Waals surface area contributed by atoms with E-state index in [2.05, 4.69) is 72.8 Å². The van der Waals surface area contributed by atoms with Gasteiger partial charge in [0, 0.05) is 10.6 Å². The lowest BCUT2D eigenvalue weighted by molar-refractivity contribution is 1.18. The largest absolute Gasteiger partial charge is 0.121 e. The molecule has 3 rings (SSSR count). The van der Waals surface area contributed by atoms with Gasteiger partial charge in [-0.3, -0.25) is 0 Å². The van der Waals surface area contributed by atoms with Gasteiger partial charge >= 0.3 is 0 Å². The number of hydrogen-bond donors (Lipinski definition) is 0. The number of allylic oxidation sites excluding steroid dienone is 3. The normalized spacial score (nSPS) is 14.8. The number of benzene rings is 2. The maximum absolute atomic E-state index is 2.24. The maximum Gasteiger partial charge on any atom is 0.0238 e. The first-order valence-electron chi connectivity index (χ1n) is 6.55. The van der Waals surface area contributed by atoms with E-state index in [0.717, 1.165) is 12.2 Å². The highest BCUT2D eigenvalue weighted by Crippen LogP contribution is 2.29. The van der Waals surface area contributed by atoms with E-state index in [1.165, 1.54) is 21.6 Å². The van der Waals surface area contributed by atoms with Crippen molar-refractivity contribution in [2.24, 2.45) is 0 Å². The molecule has 0 nitrogen and oxygen atoms in total. The molecule has 0 atom stereocenters. The van der Waals surface area contributed by atoms with Crippen molar-refractivity contribution >= 4 is 17.3 Å². The van der Waals surface area contributed by atoms with Crippen LogP contribution in [0.5, 0.6) is 0 Å². The highest BCUT2D eigenvalue weighted by atomic mass is 32.2. The lowest BCUT2D eigenvalue weighted by Crippen LogP contribution is -1.89. The molecule has 0 bridgehead atoms. The van der Waals surface area contributed by atoms with E-state index in [0.29, 0.717) is 0 Å². The summed E-state index contributed by atoms with van der Waals surface area (Å²) in [5.74, 6) is 1.02. The highest BCUT2D eigenvalue weighted by molar-refractivity contribution is 7.99. The van der Waals surface area contributed by atoms with Gasteiger partial charge in [0.25, 0.3) is 0 Å². The average Bonchev–Trinajstić information content (AvgIpc) is 2.58. The molecule has 0 fully saturated rings. The first-order chi connectivity index (χ1) is 9.43. The molecule has 1 aliphatic rings. The summed E-state index contributed by atoms with van der Waals surface area (Å²) < 4.78 is 0. The van der Waals surface area contributed by atoms with Crippen LogP contribution in [0.2, 0.25) is 0 Å². The van der Waals surface area contributed by atoms with Crippen LogP contribution in [0.1, 0.15) is 11.1 Å². The minimum absolute atomic E-state index is 1.02. The fourth-order valence-electron chi connectivity index (χ4n) is 2.23. The molecule has 2 aromatic carbocycles. The Morgan fingerprint density at radius 3 is 2.53 bits per heavy atom. The van der Waals surface area contributed by atoms with E-state index in [1.807, 2.05) is 11.8 Å². The van der Waals surface area contributed by atoms with E-state index in [1.54, 1.807) is 0 Å². The predicted octanol–water partition coefficient (Wildman–Crippen LogP) is 4.97. The van der Waals surface area contributed by atoms with Gasteiger partial charge in [0.15, 0.2) is 0 Å². The first-order valence-corrected chi connectivity index (χ1v) is 7.54. The van der Waals surface area contributed by atoms with Gasteiger partial charge in [-0.2, -0.15) is 0 Å². The Bertz CT molecular complexity index is 609. The molecule has 2 aromatic rings. The van der Waals surface area contributed by atoms with Crippen molar-refractivity contribution in [3.05, 3.63) is 84.0 Å². The molecule has 0 aliphatic carbocycles. The molecule has 0 unspecified atom stereocenters. The third kappa shape index (κ3) is 2.99. The zero-order chi connectivity index (χ0) is 12.9. The molecule has 1 heteroatoms. The van der Waals surface area contributed by atoms with Crippen molar-refractivity contribution in [2.75, 3.05) is 5.75 Å². The molecule has 0 saturated carbocycles. The molecule has 0 aromatic heterocycles. The molecule has 0 radical (unpaired) electrons. The summed E-state index contributed by atoms with van der Waals surface area (Å²) in [6.45, 7) is 0. The van der Waals surface area contributed by atoms with Gasteiger partial charge in [-0.25, -0.2) is 0 Å². The van der Waals surface area contributed by atoms with Crippen LogP contribution in [0.3, 0.4) is 0 Å². The van der Waals surface area contributed by atoms with Gasteiger partial charge in [-0.05, 0) is 29.2 Å². The van der Waals surface area contributed by atoms with Gasteiger partial charge in [-0.15, -0.1) is 11.8 Å². The lowest BCUT2D eigenvalue weighted by atomic mass is 10.1. The van der Waals surface area contributed by atoms with Gasteiger partial charge in [0.2, 0.25) is 0 Å². The predicted molar refractivity (Wildman–Crippen MR) is 84.4 cm³/mol. The van der Waals surface area contributed by atoms with Crippen LogP contribution < -0.4 is 0 Å². The zero-order valence-electron chi connectivity index (χ0n) is 10.8. The standard InChI is InChI=1S/C18H16S/c1-2-8-15(9-3-1)17-12-5-4-10-16-11-6-7-13-18(16)19-14-17/h1-9,11-13H,10,14H2. The summed E-state index contributed by atoms with van der Waals surface area (Å²) in [5, 5.41) is 0. The number of rotatable bonds is 1. The van der Waals surface area contributed by atoms with E-state index < -0.39 is 0 Å². The third-order valence-corrected chi connectivity index (χ3v) is 4.44. The Kier molecular flexibility index (Phi) is 3.85. The Morgan fingerprint density at radius 1 is 0.842 bits per heavy atom. The summed E-state index contributed by atoms with van der Waals surface area (Å²) in [6.07, 6.45) is 7.69. The molecule has 94 valence electrons. The van der Waals surface area contributed by atoms with E-state index in [4.69, 9.17) is 0 Å². The fourth-order valence-corrected chi connectivity index (χ4v) is 3.31. The van der Waals surface area contributed by atoms with Crippen LogP contribution in [0.4, 0.5) is 0 Å². The van der Waals surface area contributed by atoms with Gasteiger partial charge in [0.1, 0.15) is 0 Å². The topological polar surface area (TPSA) is 0 Å². The van der Waals surface area contributed by atoms with E-state index >= 15 is 0 Å². The van der Waals surface area contributed by atoms with Crippen molar-refractivity contribution in [1.82, 2.24) is 0 Å². The quantitative estimate of drug-likeness (QED) is 0.700. The van der Waals surface area contributed by atoms with E-state index in [9.17, 15) is 0 Å². The van der Waals surface area contributed by atoms with E-state index in [-0.39, 0.29) is 0 Å². The maximum atomic E-state index is 2.24. The SMILES string of the molecule is C1=CCc2ccccc2SCC(c2ccccc2)=C1. The summed E-state index contributed by atoms with van der Waals surface area (Å²) >= 11 is 1.93. The molecule has 1 aliphatic heterocycles. The molecular weight excluding hydrogens is 248 g/mol. The van der Waals surface area contributed by atoms with Crippen LogP contribution in [0.15, 0.2) is 77.7 Å². The minimum Gasteiger partial charge on any atom is -0.121 e. The zero-order valence-corrected chi connectivity index (χ0v) is 11.6. The molecule has 0 N–H and O–H groups in total. The fraction of sp³-hybridized carbons (Fsp3) is 0.111. The lowest BCUT2D eigenvalue weighted by Gasteiger charge is -2.09. The van der Waals surface area contributed by atoms with Crippen molar-refractivity contribution in [2.45, 2.75) is 11.3 Å². The Balaban J connectivity index is 1.91. The Labute approximate surface area is 118 Å². The van der Waals surface area contributed by atoms with Crippen molar-refractivity contribution < 1.29 is 0 Å². The van der Waals surface area contributed by atoms with Gasteiger partial charge < -0.3 is 0 Å². The van der Waals surface area contributed by atoms with Gasteiger partial charge in [-0.1, -0.05) is 66.8 Å².